The van der Waals surface area contributed by atoms with Gasteiger partial charge >= 0.3 is 0 Å². The van der Waals surface area contributed by atoms with E-state index in [0.717, 1.165) is 42.7 Å². The molecule has 0 aliphatic carbocycles. The Morgan fingerprint density at radius 1 is 1.33 bits per heavy atom. The number of aromatic nitrogens is 2. The van der Waals surface area contributed by atoms with Crippen LogP contribution in [0.1, 0.15) is 33.1 Å². The minimum atomic E-state index is 0.269. The highest BCUT2D eigenvalue weighted by Gasteiger charge is 2.23. The minimum Gasteiger partial charge on any atom is -0.367 e. The van der Waals surface area contributed by atoms with E-state index in [0.29, 0.717) is 23.4 Å². The van der Waals surface area contributed by atoms with Gasteiger partial charge in [0.15, 0.2) is 0 Å². The first-order valence-corrected chi connectivity index (χ1v) is 8.85. The van der Waals surface area contributed by atoms with Crippen LogP contribution in [0.5, 0.6) is 0 Å². The van der Waals surface area contributed by atoms with Crippen LogP contribution in [0, 0.1) is 5.92 Å². The van der Waals surface area contributed by atoms with Crippen LogP contribution in [-0.2, 0) is 4.79 Å². The van der Waals surface area contributed by atoms with Crippen molar-refractivity contribution in [3.63, 3.8) is 0 Å². The van der Waals surface area contributed by atoms with E-state index in [4.69, 9.17) is 11.6 Å². The van der Waals surface area contributed by atoms with E-state index < -0.39 is 0 Å². The van der Waals surface area contributed by atoms with E-state index in [-0.39, 0.29) is 5.91 Å². The summed E-state index contributed by atoms with van der Waals surface area (Å²) in [7, 11) is 0. The van der Waals surface area contributed by atoms with Gasteiger partial charge < -0.3 is 10.2 Å². The zero-order valence-electron chi connectivity index (χ0n) is 14.1. The Labute approximate surface area is 147 Å². The molecule has 24 heavy (non-hydrogen) atoms. The van der Waals surface area contributed by atoms with Crippen molar-refractivity contribution >= 4 is 34.2 Å². The number of nitrogens with one attached hydrogen (secondary N) is 1. The topological polar surface area (TPSA) is 58.1 Å². The Kier molecular flexibility index (Phi) is 5.19. The largest absolute Gasteiger partial charge is 0.367 e. The van der Waals surface area contributed by atoms with E-state index in [1.165, 1.54) is 0 Å². The first kappa shape index (κ1) is 17.0. The number of benzene rings is 1. The number of hydrogen-bond donors (Lipinski definition) is 1. The smallest absolute Gasteiger partial charge is 0.222 e. The van der Waals surface area contributed by atoms with Crippen LogP contribution in [0.4, 0.5) is 5.82 Å². The monoisotopic (exact) mass is 346 g/mol. The number of fused-ring (bicyclic) bond motifs is 1. The van der Waals surface area contributed by atoms with Gasteiger partial charge in [-0.25, -0.2) is 9.97 Å². The Balaban J connectivity index is 1.63. The van der Waals surface area contributed by atoms with E-state index >= 15 is 0 Å². The number of amides is 1. The van der Waals surface area contributed by atoms with Crippen molar-refractivity contribution in [1.29, 1.82) is 0 Å². The maximum Gasteiger partial charge on any atom is 0.222 e. The van der Waals surface area contributed by atoms with E-state index in [1.807, 2.05) is 23.1 Å². The Hall–Kier alpha value is -1.88. The van der Waals surface area contributed by atoms with Crippen molar-refractivity contribution in [2.75, 3.05) is 18.4 Å². The van der Waals surface area contributed by atoms with E-state index in [2.05, 4.69) is 29.1 Å². The number of nitrogens with zero attached hydrogens (tertiary/aromatic N) is 3. The number of piperidine rings is 1. The number of halogens is 1. The van der Waals surface area contributed by atoms with Gasteiger partial charge in [-0.1, -0.05) is 25.4 Å². The van der Waals surface area contributed by atoms with Crippen molar-refractivity contribution in [2.24, 2.45) is 5.92 Å². The van der Waals surface area contributed by atoms with Gasteiger partial charge in [0.25, 0.3) is 0 Å². The molecule has 2 aromatic rings. The van der Waals surface area contributed by atoms with Gasteiger partial charge in [0.2, 0.25) is 5.91 Å². The minimum absolute atomic E-state index is 0.269. The molecule has 3 rings (SSSR count). The second kappa shape index (κ2) is 7.34. The fourth-order valence-electron chi connectivity index (χ4n) is 3.09. The van der Waals surface area contributed by atoms with Crippen LogP contribution in [0.3, 0.4) is 0 Å². The molecular formula is C18H23ClN4O. The van der Waals surface area contributed by atoms with Gasteiger partial charge in [0.05, 0.1) is 5.52 Å². The normalized spacial score (nSPS) is 15.9. The molecule has 128 valence electrons. The van der Waals surface area contributed by atoms with Gasteiger partial charge in [-0.3, -0.25) is 4.79 Å². The average Bonchev–Trinajstić information content (AvgIpc) is 2.55. The van der Waals surface area contributed by atoms with Crippen LogP contribution in [-0.4, -0.2) is 39.9 Å². The molecule has 0 atom stereocenters. The molecule has 1 amide bonds. The predicted molar refractivity (Wildman–Crippen MR) is 97.2 cm³/mol. The van der Waals surface area contributed by atoms with Crippen molar-refractivity contribution < 1.29 is 4.79 Å². The van der Waals surface area contributed by atoms with Crippen LogP contribution in [0.25, 0.3) is 10.9 Å². The standard InChI is InChI=1S/C18H23ClN4O/c1-12(2)9-17(24)23-7-5-14(6-8-23)22-18-15-4-3-13(19)10-16(15)20-11-21-18/h3-4,10-12,14H,5-9H2,1-2H3,(H,20,21,22). The summed E-state index contributed by atoms with van der Waals surface area (Å²) in [4.78, 5) is 22.8. The fourth-order valence-corrected chi connectivity index (χ4v) is 3.26. The third-order valence-corrected chi connectivity index (χ3v) is 4.61. The molecule has 0 spiro atoms. The molecular weight excluding hydrogens is 324 g/mol. The number of hydrogen-bond acceptors (Lipinski definition) is 4. The summed E-state index contributed by atoms with van der Waals surface area (Å²) in [6, 6.07) is 5.96. The second-order valence-electron chi connectivity index (χ2n) is 6.78. The molecule has 0 bridgehead atoms. The summed E-state index contributed by atoms with van der Waals surface area (Å²) in [5.41, 5.74) is 0.838. The summed E-state index contributed by atoms with van der Waals surface area (Å²) in [5, 5.41) is 5.15. The van der Waals surface area contributed by atoms with Crippen molar-refractivity contribution in [3.8, 4) is 0 Å². The lowest BCUT2D eigenvalue weighted by Crippen LogP contribution is -2.42. The highest BCUT2D eigenvalue weighted by atomic mass is 35.5. The average molecular weight is 347 g/mol. The SMILES string of the molecule is CC(C)CC(=O)N1CCC(Nc2ncnc3cc(Cl)ccc23)CC1. The lowest BCUT2D eigenvalue weighted by atomic mass is 10.0. The Morgan fingerprint density at radius 3 is 2.79 bits per heavy atom. The van der Waals surface area contributed by atoms with Gasteiger partial charge in [-0.15, -0.1) is 0 Å². The molecule has 1 N–H and O–H groups in total. The zero-order valence-corrected chi connectivity index (χ0v) is 14.9. The summed E-state index contributed by atoms with van der Waals surface area (Å²) in [5.74, 6) is 1.52. The predicted octanol–water partition coefficient (Wildman–Crippen LogP) is 3.73. The highest BCUT2D eigenvalue weighted by molar-refractivity contribution is 6.31. The lowest BCUT2D eigenvalue weighted by molar-refractivity contribution is -0.132. The maximum atomic E-state index is 12.2. The Morgan fingerprint density at radius 2 is 2.08 bits per heavy atom. The second-order valence-corrected chi connectivity index (χ2v) is 7.22. The third kappa shape index (κ3) is 3.96. The van der Waals surface area contributed by atoms with E-state index in [9.17, 15) is 4.79 Å². The molecule has 6 heteroatoms. The summed E-state index contributed by atoms with van der Waals surface area (Å²) in [6.45, 7) is 5.77. The molecule has 2 heterocycles. The Bertz CT molecular complexity index is 726. The van der Waals surface area contributed by atoms with Crippen LogP contribution < -0.4 is 5.32 Å². The molecule has 1 saturated heterocycles. The lowest BCUT2D eigenvalue weighted by Gasteiger charge is -2.33. The molecule has 1 aromatic heterocycles. The maximum absolute atomic E-state index is 12.2. The number of carbonyl (C=O) groups excluding carboxylic acids is 1. The summed E-state index contributed by atoms with van der Waals surface area (Å²) in [6.07, 6.45) is 4.06. The van der Waals surface area contributed by atoms with Gasteiger partial charge in [-0.05, 0) is 37.0 Å². The highest BCUT2D eigenvalue weighted by Crippen LogP contribution is 2.25. The van der Waals surface area contributed by atoms with Gasteiger partial charge in [-0.2, -0.15) is 0 Å². The number of carbonyl (C=O) groups is 1. The number of anilines is 1. The quantitative estimate of drug-likeness (QED) is 0.916. The summed E-state index contributed by atoms with van der Waals surface area (Å²) < 4.78 is 0. The molecule has 1 fully saturated rings. The molecule has 5 nitrogen and oxygen atoms in total. The van der Waals surface area contributed by atoms with Gasteiger partial charge in [0, 0.05) is 36.0 Å². The van der Waals surface area contributed by atoms with Crippen molar-refractivity contribution in [1.82, 2.24) is 14.9 Å². The van der Waals surface area contributed by atoms with Crippen LogP contribution in [0.2, 0.25) is 5.02 Å². The number of rotatable bonds is 4. The first-order valence-electron chi connectivity index (χ1n) is 8.47. The molecule has 0 saturated carbocycles. The summed E-state index contributed by atoms with van der Waals surface area (Å²) >= 11 is 6.03. The third-order valence-electron chi connectivity index (χ3n) is 4.37. The van der Waals surface area contributed by atoms with Gasteiger partial charge in [0.1, 0.15) is 12.1 Å². The van der Waals surface area contributed by atoms with Crippen LogP contribution >= 0.6 is 11.6 Å². The fraction of sp³-hybridized carbons (Fsp3) is 0.500. The zero-order chi connectivity index (χ0) is 17.1. The molecule has 0 unspecified atom stereocenters. The first-order chi connectivity index (χ1) is 11.5. The molecule has 0 radical (unpaired) electrons. The molecule has 1 aliphatic rings. The van der Waals surface area contributed by atoms with Crippen molar-refractivity contribution in [2.45, 2.75) is 39.2 Å². The molecule has 1 aliphatic heterocycles. The molecule has 1 aromatic carbocycles. The number of likely N-dealkylation sites (tertiary alicyclic amines) is 1. The van der Waals surface area contributed by atoms with Crippen LogP contribution in [0.15, 0.2) is 24.5 Å². The van der Waals surface area contributed by atoms with Crippen molar-refractivity contribution in [3.05, 3.63) is 29.5 Å². The van der Waals surface area contributed by atoms with E-state index in [1.54, 1.807) is 6.33 Å².